The summed E-state index contributed by atoms with van der Waals surface area (Å²) in [5, 5.41) is 0. The van der Waals surface area contributed by atoms with Crippen molar-refractivity contribution in [2.75, 3.05) is 14.2 Å². The molecule has 0 aliphatic rings. The van der Waals surface area contributed by atoms with Crippen LogP contribution in [0.2, 0.25) is 0 Å². The molecule has 0 radical (unpaired) electrons. The van der Waals surface area contributed by atoms with Gasteiger partial charge in [0.15, 0.2) is 11.5 Å². The number of halogens is 1. The van der Waals surface area contributed by atoms with Gasteiger partial charge >= 0.3 is 0 Å². The zero-order chi connectivity index (χ0) is 23.1. The van der Waals surface area contributed by atoms with E-state index in [-0.39, 0.29) is 0 Å². The summed E-state index contributed by atoms with van der Waals surface area (Å²) in [6.45, 7) is 6.83. The summed E-state index contributed by atoms with van der Waals surface area (Å²) in [5.74, 6) is 1.59. The molecule has 3 heteroatoms. The third-order valence-electron chi connectivity index (χ3n) is 5.95. The Balaban J connectivity index is 2.44. The molecule has 3 aromatic rings. The first-order valence-electron chi connectivity index (χ1n) is 11.7. The van der Waals surface area contributed by atoms with Crippen molar-refractivity contribution >= 4 is 22.6 Å². The first-order chi connectivity index (χ1) is 15.6. The molecule has 0 N–H and O–H groups in total. The summed E-state index contributed by atoms with van der Waals surface area (Å²) in [6.07, 6.45) is 6.60. The lowest BCUT2D eigenvalue weighted by Gasteiger charge is -2.24. The van der Waals surface area contributed by atoms with Gasteiger partial charge in [-0.3, -0.25) is 0 Å². The smallest absolute Gasteiger partial charge is 0.174 e. The molecule has 0 saturated carbocycles. The van der Waals surface area contributed by atoms with E-state index in [9.17, 15) is 0 Å². The Morgan fingerprint density at radius 3 is 1.91 bits per heavy atom. The fourth-order valence-corrected chi connectivity index (χ4v) is 5.62. The lowest BCUT2D eigenvalue weighted by molar-refractivity contribution is 0.353. The molecule has 0 heterocycles. The van der Waals surface area contributed by atoms with Gasteiger partial charge < -0.3 is 9.47 Å². The van der Waals surface area contributed by atoms with Crippen molar-refractivity contribution in [3.63, 3.8) is 0 Å². The Kier molecular flexibility index (Phi) is 9.03. The van der Waals surface area contributed by atoms with Gasteiger partial charge in [0.05, 0.1) is 17.8 Å². The topological polar surface area (TPSA) is 18.5 Å². The van der Waals surface area contributed by atoms with E-state index in [1.54, 1.807) is 14.2 Å². The van der Waals surface area contributed by atoms with Crippen LogP contribution in [0.1, 0.15) is 56.7 Å². The number of methoxy groups -OCH3 is 2. The van der Waals surface area contributed by atoms with Crippen molar-refractivity contribution in [2.45, 2.75) is 59.3 Å². The average molecular weight is 543 g/mol. The number of hydrogen-bond acceptors (Lipinski definition) is 2. The van der Waals surface area contributed by atoms with Crippen molar-refractivity contribution in [1.29, 1.82) is 0 Å². The van der Waals surface area contributed by atoms with Gasteiger partial charge in [0.2, 0.25) is 0 Å². The molecule has 170 valence electrons. The van der Waals surface area contributed by atoms with Crippen molar-refractivity contribution in [1.82, 2.24) is 0 Å². The third kappa shape index (κ3) is 4.98. The maximum Gasteiger partial charge on any atom is 0.174 e. The van der Waals surface area contributed by atoms with E-state index in [1.165, 1.54) is 38.9 Å². The fourth-order valence-electron chi connectivity index (χ4n) is 4.68. The fraction of sp³-hybridized carbons (Fsp3) is 0.379. The van der Waals surface area contributed by atoms with Gasteiger partial charge in [-0.05, 0) is 92.9 Å². The number of aryl methyl sites for hydroxylation is 2. The van der Waals surface area contributed by atoms with Crippen LogP contribution >= 0.6 is 22.6 Å². The zero-order valence-electron chi connectivity index (χ0n) is 20.1. The molecular formula is C29H35IO2. The minimum absolute atomic E-state index is 0.778. The van der Waals surface area contributed by atoms with E-state index in [2.05, 4.69) is 85.8 Å². The highest BCUT2D eigenvalue weighted by molar-refractivity contribution is 14.1. The van der Waals surface area contributed by atoms with Crippen LogP contribution in [0.25, 0.3) is 22.3 Å². The predicted molar refractivity (Wildman–Crippen MR) is 145 cm³/mol. The first-order valence-corrected chi connectivity index (χ1v) is 12.8. The summed E-state index contributed by atoms with van der Waals surface area (Å²) in [4.78, 5) is 0. The van der Waals surface area contributed by atoms with E-state index in [1.807, 2.05) is 6.07 Å². The molecule has 0 saturated heterocycles. The van der Waals surface area contributed by atoms with E-state index < -0.39 is 0 Å². The zero-order valence-corrected chi connectivity index (χ0v) is 22.2. The largest absolute Gasteiger partial charge is 0.493 e. The Bertz CT molecular complexity index is 1040. The first kappa shape index (κ1) is 24.6. The number of ether oxygens (including phenoxy) is 2. The highest BCUT2D eigenvalue weighted by Gasteiger charge is 2.23. The summed E-state index contributed by atoms with van der Waals surface area (Å²) in [5.41, 5.74) is 9.77. The van der Waals surface area contributed by atoms with Crippen molar-refractivity contribution in [2.24, 2.45) is 0 Å². The summed E-state index contributed by atoms with van der Waals surface area (Å²) < 4.78 is 12.5. The molecule has 3 aromatic carbocycles. The molecule has 0 aromatic heterocycles. The molecule has 32 heavy (non-hydrogen) atoms. The molecule has 3 rings (SSSR count). The molecule has 0 unspecified atom stereocenters. The van der Waals surface area contributed by atoms with Crippen LogP contribution in [0.5, 0.6) is 11.5 Å². The van der Waals surface area contributed by atoms with Crippen LogP contribution in [0.15, 0.2) is 48.5 Å². The molecule has 0 spiro atoms. The van der Waals surface area contributed by atoms with Crippen LogP contribution < -0.4 is 9.47 Å². The minimum atomic E-state index is 0.778. The molecule has 2 nitrogen and oxygen atoms in total. The van der Waals surface area contributed by atoms with E-state index >= 15 is 0 Å². The molecule has 0 fully saturated rings. The molecule has 0 aliphatic carbocycles. The number of rotatable bonds is 10. The van der Waals surface area contributed by atoms with Crippen molar-refractivity contribution < 1.29 is 9.47 Å². The second-order valence-electron chi connectivity index (χ2n) is 8.20. The highest BCUT2D eigenvalue weighted by Crippen LogP contribution is 2.45. The van der Waals surface area contributed by atoms with Crippen molar-refractivity contribution in [3.05, 3.63) is 68.8 Å². The minimum Gasteiger partial charge on any atom is -0.493 e. The van der Waals surface area contributed by atoms with E-state index in [0.29, 0.717) is 0 Å². The monoisotopic (exact) mass is 542 g/mol. The molecule has 0 atom stereocenters. The van der Waals surface area contributed by atoms with Crippen LogP contribution in [0.4, 0.5) is 0 Å². The molecule has 0 amide bonds. The normalized spacial score (nSPS) is 10.9. The Morgan fingerprint density at radius 2 is 1.34 bits per heavy atom. The van der Waals surface area contributed by atoms with Crippen molar-refractivity contribution in [3.8, 4) is 33.8 Å². The molecule has 0 aliphatic heterocycles. The van der Waals surface area contributed by atoms with E-state index in [4.69, 9.17) is 9.47 Å². The standard InChI is InChI=1S/C29H35IO2/c1-6-12-21-19-22(13-7-2)27(24-17-18-25(31-4)29(32-5)28(24)30)23(14-8-3)26(21)20-15-10-9-11-16-20/h9-11,15-19H,6-8,12-14H2,1-5H3. The maximum atomic E-state index is 5.77. The third-order valence-corrected chi connectivity index (χ3v) is 7.02. The predicted octanol–water partition coefficient (Wildman–Crippen LogP) is 8.50. The second kappa shape index (κ2) is 11.7. The quantitative estimate of drug-likeness (QED) is 0.239. The molecular weight excluding hydrogens is 507 g/mol. The Labute approximate surface area is 207 Å². The lowest BCUT2D eigenvalue weighted by atomic mass is 9.81. The number of hydrogen-bond donors (Lipinski definition) is 0. The van der Waals surface area contributed by atoms with Gasteiger partial charge in [-0.25, -0.2) is 0 Å². The number of benzene rings is 3. The van der Waals surface area contributed by atoms with Crippen LogP contribution in [0, 0.1) is 3.57 Å². The van der Waals surface area contributed by atoms with Crippen LogP contribution in [-0.4, -0.2) is 14.2 Å². The Hall–Kier alpha value is -2.01. The van der Waals surface area contributed by atoms with Crippen LogP contribution in [-0.2, 0) is 19.3 Å². The Morgan fingerprint density at radius 1 is 0.719 bits per heavy atom. The summed E-state index contributed by atoms with van der Waals surface area (Å²) in [6, 6.07) is 17.7. The van der Waals surface area contributed by atoms with Gasteiger partial charge in [0, 0.05) is 0 Å². The highest BCUT2D eigenvalue weighted by atomic mass is 127. The van der Waals surface area contributed by atoms with Gasteiger partial charge in [0.1, 0.15) is 0 Å². The van der Waals surface area contributed by atoms with Crippen LogP contribution in [0.3, 0.4) is 0 Å². The molecule has 0 bridgehead atoms. The second-order valence-corrected chi connectivity index (χ2v) is 9.28. The lowest BCUT2D eigenvalue weighted by Crippen LogP contribution is -2.06. The summed E-state index contributed by atoms with van der Waals surface area (Å²) >= 11 is 2.43. The average Bonchev–Trinajstić information content (AvgIpc) is 2.80. The van der Waals surface area contributed by atoms with Gasteiger partial charge in [-0.2, -0.15) is 0 Å². The van der Waals surface area contributed by atoms with Gasteiger partial charge in [0.25, 0.3) is 0 Å². The SMILES string of the molecule is CCCc1cc(CCC)c(-c2ccc(OC)c(OC)c2I)c(CCC)c1-c1ccccc1. The van der Waals surface area contributed by atoms with Gasteiger partial charge in [-0.1, -0.05) is 76.4 Å². The maximum absolute atomic E-state index is 5.77. The van der Waals surface area contributed by atoms with E-state index in [0.717, 1.165) is 53.6 Å². The summed E-state index contributed by atoms with van der Waals surface area (Å²) in [7, 11) is 3.43. The van der Waals surface area contributed by atoms with Gasteiger partial charge in [-0.15, -0.1) is 0 Å².